The Bertz CT molecular complexity index is 1120. The molecule has 0 N–H and O–H groups in total. The number of nitrogens with zero attached hydrogens (tertiary/aromatic N) is 4. The van der Waals surface area contributed by atoms with Crippen LogP contribution in [-0.2, 0) is 0 Å². The largest absolute Gasteiger partial charge is 0.345 e. The number of para-hydroxylation sites is 1. The number of piperazine rings is 1. The number of hydrogen-bond donors (Lipinski definition) is 0. The fourth-order valence-electron chi connectivity index (χ4n) is 3.58. The highest BCUT2D eigenvalue weighted by atomic mass is 32.1. The maximum atomic E-state index is 12.9. The molecule has 142 valence electrons. The minimum Gasteiger partial charge on any atom is -0.345 e. The number of aryl methyl sites for hydroxylation is 2. The molecular formula is C21H20N4OS2. The van der Waals surface area contributed by atoms with Crippen molar-refractivity contribution < 1.29 is 4.79 Å². The average molecular weight is 409 g/mol. The number of hydrogen-bond acceptors (Lipinski definition) is 6. The van der Waals surface area contributed by atoms with Crippen LogP contribution in [0.25, 0.3) is 20.4 Å². The third kappa shape index (κ3) is 2.95. The van der Waals surface area contributed by atoms with Crippen LogP contribution in [-0.4, -0.2) is 47.0 Å². The van der Waals surface area contributed by atoms with Crippen LogP contribution in [0.4, 0.5) is 5.13 Å². The highest BCUT2D eigenvalue weighted by Crippen LogP contribution is 2.33. The van der Waals surface area contributed by atoms with E-state index in [1.54, 1.807) is 11.3 Å². The molecule has 7 heteroatoms. The molecule has 1 aliphatic rings. The van der Waals surface area contributed by atoms with Crippen molar-refractivity contribution >= 4 is 54.1 Å². The molecule has 0 aliphatic carbocycles. The van der Waals surface area contributed by atoms with Crippen LogP contribution in [0, 0.1) is 13.8 Å². The normalized spacial score (nSPS) is 14.9. The Labute approximate surface area is 171 Å². The Morgan fingerprint density at radius 1 is 0.929 bits per heavy atom. The van der Waals surface area contributed by atoms with Gasteiger partial charge in [-0.05, 0) is 37.1 Å². The van der Waals surface area contributed by atoms with Crippen molar-refractivity contribution in [1.29, 1.82) is 0 Å². The van der Waals surface area contributed by atoms with Gasteiger partial charge in [0.05, 0.1) is 20.4 Å². The van der Waals surface area contributed by atoms with Crippen LogP contribution in [0.2, 0.25) is 0 Å². The minimum atomic E-state index is 0.0387. The summed E-state index contributed by atoms with van der Waals surface area (Å²) in [5, 5.41) is 1.64. The number of thiazole rings is 2. The molecule has 0 spiro atoms. The number of amides is 1. The maximum Gasteiger partial charge on any atom is 0.282 e. The van der Waals surface area contributed by atoms with Gasteiger partial charge >= 0.3 is 0 Å². The van der Waals surface area contributed by atoms with E-state index in [0.717, 1.165) is 34.0 Å². The quantitative estimate of drug-likeness (QED) is 0.490. The molecule has 1 fully saturated rings. The molecule has 0 bridgehead atoms. The lowest BCUT2D eigenvalue weighted by atomic mass is 10.1. The van der Waals surface area contributed by atoms with E-state index < -0.39 is 0 Å². The second-order valence-electron chi connectivity index (χ2n) is 7.14. The highest BCUT2D eigenvalue weighted by Gasteiger charge is 2.26. The van der Waals surface area contributed by atoms with Crippen molar-refractivity contribution in [3.8, 4) is 0 Å². The number of aromatic nitrogens is 2. The molecule has 0 unspecified atom stereocenters. The van der Waals surface area contributed by atoms with Gasteiger partial charge in [0, 0.05) is 26.2 Å². The average Bonchev–Trinajstić information content (AvgIpc) is 3.36. The number of fused-ring (bicyclic) bond motifs is 2. The summed E-state index contributed by atoms with van der Waals surface area (Å²) in [5.74, 6) is 0.0387. The van der Waals surface area contributed by atoms with Crippen molar-refractivity contribution in [1.82, 2.24) is 14.9 Å². The summed E-state index contributed by atoms with van der Waals surface area (Å²) in [6, 6.07) is 12.2. The summed E-state index contributed by atoms with van der Waals surface area (Å²) in [6.07, 6.45) is 0. The number of rotatable bonds is 2. The van der Waals surface area contributed by atoms with Crippen LogP contribution in [0.3, 0.4) is 0 Å². The maximum absolute atomic E-state index is 12.9. The van der Waals surface area contributed by atoms with E-state index in [9.17, 15) is 4.79 Å². The molecule has 1 amide bonds. The van der Waals surface area contributed by atoms with Gasteiger partial charge in [-0.25, -0.2) is 9.97 Å². The van der Waals surface area contributed by atoms with Gasteiger partial charge in [0.15, 0.2) is 10.1 Å². The second-order valence-corrected chi connectivity index (χ2v) is 9.15. The van der Waals surface area contributed by atoms with Gasteiger partial charge in [0.25, 0.3) is 5.91 Å². The van der Waals surface area contributed by atoms with Crippen LogP contribution in [0.15, 0.2) is 36.4 Å². The zero-order valence-electron chi connectivity index (χ0n) is 15.8. The van der Waals surface area contributed by atoms with Crippen molar-refractivity contribution in [2.45, 2.75) is 13.8 Å². The lowest BCUT2D eigenvalue weighted by Gasteiger charge is -2.34. The first-order chi connectivity index (χ1) is 13.6. The molecule has 4 aromatic rings. The van der Waals surface area contributed by atoms with Crippen molar-refractivity contribution in [3.63, 3.8) is 0 Å². The van der Waals surface area contributed by atoms with E-state index in [-0.39, 0.29) is 5.91 Å². The van der Waals surface area contributed by atoms with E-state index in [1.807, 2.05) is 29.2 Å². The van der Waals surface area contributed by atoms with Crippen molar-refractivity contribution in [3.05, 3.63) is 52.5 Å². The van der Waals surface area contributed by atoms with E-state index in [1.165, 1.54) is 27.2 Å². The number of anilines is 1. The molecule has 2 aromatic carbocycles. The molecule has 0 radical (unpaired) electrons. The highest BCUT2D eigenvalue weighted by molar-refractivity contribution is 7.22. The first-order valence-corrected chi connectivity index (χ1v) is 11.0. The number of carbonyl (C=O) groups excluding carboxylic acids is 1. The van der Waals surface area contributed by atoms with Crippen LogP contribution < -0.4 is 4.90 Å². The predicted molar refractivity (Wildman–Crippen MR) is 117 cm³/mol. The molecule has 5 rings (SSSR count). The zero-order chi connectivity index (χ0) is 19.3. The summed E-state index contributed by atoms with van der Waals surface area (Å²) in [4.78, 5) is 26.5. The molecule has 3 heterocycles. The fraction of sp³-hybridized carbons (Fsp3) is 0.286. The minimum absolute atomic E-state index is 0.0387. The van der Waals surface area contributed by atoms with E-state index in [0.29, 0.717) is 18.1 Å². The smallest absolute Gasteiger partial charge is 0.282 e. The number of carbonyl (C=O) groups is 1. The summed E-state index contributed by atoms with van der Waals surface area (Å²) >= 11 is 3.23. The molecule has 5 nitrogen and oxygen atoms in total. The molecule has 1 saturated heterocycles. The Balaban J connectivity index is 1.33. The lowest BCUT2D eigenvalue weighted by Crippen LogP contribution is -2.48. The lowest BCUT2D eigenvalue weighted by molar-refractivity contribution is 0.0746. The standard InChI is InChI=1S/C21H20N4OS2/c1-13-7-8-14(2)18-17(13)23-21(28-18)25-11-9-24(10-12-25)20(26)19-22-15-5-3-4-6-16(15)27-19/h3-8H,9-12H2,1-2H3. The van der Waals surface area contributed by atoms with Gasteiger partial charge in [-0.1, -0.05) is 35.6 Å². The van der Waals surface area contributed by atoms with Crippen molar-refractivity contribution in [2.24, 2.45) is 0 Å². The van der Waals surface area contributed by atoms with Crippen LogP contribution >= 0.6 is 22.7 Å². The molecule has 1 aliphatic heterocycles. The third-order valence-electron chi connectivity index (χ3n) is 5.25. The van der Waals surface area contributed by atoms with Gasteiger partial charge < -0.3 is 9.80 Å². The Morgan fingerprint density at radius 2 is 1.68 bits per heavy atom. The van der Waals surface area contributed by atoms with Crippen molar-refractivity contribution in [2.75, 3.05) is 31.1 Å². The van der Waals surface area contributed by atoms with Crippen LogP contribution in [0.1, 0.15) is 20.9 Å². The topological polar surface area (TPSA) is 49.3 Å². The summed E-state index contributed by atoms with van der Waals surface area (Å²) in [5.41, 5.74) is 4.49. The molecule has 28 heavy (non-hydrogen) atoms. The van der Waals surface area contributed by atoms with Gasteiger partial charge in [0.1, 0.15) is 0 Å². The second kappa shape index (κ2) is 6.83. The van der Waals surface area contributed by atoms with Crippen LogP contribution in [0.5, 0.6) is 0 Å². The Kier molecular flexibility index (Phi) is 4.29. The first-order valence-electron chi connectivity index (χ1n) is 9.37. The van der Waals surface area contributed by atoms with Gasteiger partial charge in [-0.15, -0.1) is 11.3 Å². The molecule has 0 saturated carbocycles. The predicted octanol–water partition coefficient (Wildman–Crippen LogP) is 4.49. The summed E-state index contributed by atoms with van der Waals surface area (Å²) in [6.45, 7) is 7.24. The summed E-state index contributed by atoms with van der Waals surface area (Å²) in [7, 11) is 0. The molecular weight excluding hydrogens is 388 g/mol. The Hall–Kier alpha value is -2.51. The van der Waals surface area contributed by atoms with Gasteiger partial charge in [-0.2, -0.15) is 0 Å². The number of benzene rings is 2. The van der Waals surface area contributed by atoms with E-state index in [4.69, 9.17) is 4.98 Å². The van der Waals surface area contributed by atoms with Gasteiger partial charge in [0.2, 0.25) is 0 Å². The van der Waals surface area contributed by atoms with Gasteiger partial charge in [-0.3, -0.25) is 4.79 Å². The molecule has 2 aromatic heterocycles. The van der Waals surface area contributed by atoms with E-state index >= 15 is 0 Å². The fourth-order valence-corrected chi connectivity index (χ4v) is 5.68. The molecule has 0 atom stereocenters. The SMILES string of the molecule is Cc1ccc(C)c2sc(N3CCN(C(=O)c4nc5ccccc5s4)CC3)nc12. The monoisotopic (exact) mass is 408 g/mol. The Morgan fingerprint density at radius 3 is 2.43 bits per heavy atom. The third-order valence-corrected chi connectivity index (χ3v) is 7.52. The summed E-state index contributed by atoms with van der Waals surface area (Å²) < 4.78 is 2.33. The van der Waals surface area contributed by atoms with E-state index in [2.05, 4.69) is 35.9 Å². The zero-order valence-corrected chi connectivity index (χ0v) is 17.4. The first kappa shape index (κ1) is 17.6.